The van der Waals surface area contributed by atoms with Gasteiger partial charge in [0.05, 0.1) is 16.8 Å². The molecular weight excluding hydrogens is 314 g/mol. The molecular formula is C16H18BrN3. The number of hydrogen-bond acceptors (Lipinski definition) is 3. The van der Waals surface area contributed by atoms with Crippen LogP contribution in [-0.4, -0.2) is 24.5 Å². The summed E-state index contributed by atoms with van der Waals surface area (Å²) in [5.74, 6) is 0.586. The second-order valence-electron chi connectivity index (χ2n) is 6.20. The number of hydrogen-bond donors (Lipinski definition) is 0. The Kier molecular flexibility index (Phi) is 2.78. The normalized spacial score (nSPS) is 31.7. The highest BCUT2D eigenvalue weighted by Gasteiger charge is 2.52. The van der Waals surface area contributed by atoms with E-state index in [1.54, 1.807) is 0 Å². The Hall–Kier alpha value is -1.16. The van der Waals surface area contributed by atoms with E-state index in [2.05, 4.69) is 62.2 Å². The first-order chi connectivity index (χ1) is 9.69. The first kappa shape index (κ1) is 12.6. The highest BCUT2D eigenvalue weighted by atomic mass is 79.9. The molecule has 0 unspecified atom stereocenters. The van der Waals surface area contributed by atoms with Crippen LogP contribution in [0.1, 0.15) is 26.2 Å². The fourth-order valence-corrected chi connectivity index (χ4v) is 4.30. The summed E-state index contributed by atoms with van der Waals surface area (Å²) in [5.41, 5.74) is 4.04. The van der Waals surface area contributed by atoms with Crippen LogP contribution < -0.4 is 4.90 Å². The fraction of sp³-hybridized carbons (Fsp3) is 0.500. The average molecular weight is 332 g/mol. The van der Waals surface area contributed by atoms with Crippen LogP contribution in [0.3, 0.4) is 0 Å². The lowest BCUT2D eigenvalue weighted by atomic mass is 9.63. The van der Waals surface area contributed by atoms with Crippen LogP contribution >= 0.6 is 15.9 Å². The van der Waals surface area contributed by atoms with Crippen molar-refractivity contribution in [2.45, 2.75) is 26.2 Å². The largest absolute Gasteiger partial charge is 0.370 e. The number of rotatable bonds is 1. The first-order valence-electron chi connectivity index (χ1n) is 7.33. The van der Waals surface area contributed by atoms with Crippen LogP contribution in [0.2, 0.25) is 0 Å². The minimum atomic E-state index is 0.133. The van der Waals surface area contributed by atoms with E-state index in [-0.39, 0.29) is 5.41 Å². The molecule has 2 bridgehead atoms. The molecule has 2 atom stereocenters. The third-order valence-corrected chi connectivity index (χ3v) is 5.66. The van der Waals surface area contributed by atoms with Crippen LogP contribution in [0.4, 0.5) is 5.69 Å². The molecule has 3 nitrogen and oxygen atoms in total. The Labute approximate surface area is 127 Å². The second kappa shape index (κ2) is 4.42. The van der Waals surface area contributed by atoms with Crippen molar-refractivity contribution >= 4 is 33.0 Å². The summed E-state index contributed by atoms with van der Waals surface area (Å²) in [7, 11) is 0. The van der Waals surface area contributed by atoms with Gasteiger partial charge in [0.25, 0.3) is 0 Å². The van der Waals surface area contributed by atoms with Crippen molar-refractivity contribution in [3.8, 4) is 0 Å². The third-order valence-electron chi connectivity index (χ3n) is 5.13. The fourth-order valence-electron chi connectivity index (χ4n) is 4.03. The Morgan fingerprint density at radius 2 is 2.05 bits per heavy atom. The van der Waals surface area contributed by atoms with E-state index in [0.717, 1.165) is 17.6 Å². The third kappa shape index (κ3) is 1.70. The molecule has 2 heterocycles. The standard InChI is InChI=1S/C16H18BrN3/c1-11-16-8-2-3-12(15(16)19-18-11)9-20(10-16)14-6-4-13(17)5-7-14/h4-7,12H,2-3,8-10H2,1H3/t12-,16+/m0/s1. The molecule has 0 aromatic heterocycles. The second-order valence-corrected chi connectivity index (χ2v) is 7.11. The maximum absolute atomic E-state index is 4.53. The Bertz CT molecular complexity index is 605. The van der Waals surface area contributed by atoms with E-state index in [0.29, 0.717) is 5.92 Å². The smallest absolute Gasteiger partial charge is 0.0681 e. The molecule has 2 fully saturated rings. The van der Waals surface area contributed by atoms with Gasteiger partial charge in [-0.1, -0.05) is 22.4 Å². The number of anilines is 1. The molecule has 3 aliphatic rings. The van der Waals surface area contributed by atoms with E-state index in [1.807, 2.05) is 0 Å². The van der Waals surface area contributed by atoms with Gasteiger partial charge in [0, 0.05) is 29.2 Å². The molecule has 104 valence electrons. The summed E-state index contributed by atoms with van der Waals surface area (Å²) in [6.45, 7) is 4.29. The van der Waals surface area contributed by atoms with Crippen molar-refractivity contribution in [2.75, 3.05) is 18.0 Å². The van der Waals surface area contributed by atoms with Gasteiger partial charge in [-0.25, -0.2) is 0 Å². The maximum Gasteiger partial charge on any atom is 0.0681 e. The summed E-state index contributed by atoms with van der Waals surface area (Å²) in [4.78, 5) is 2.53. The van der Waals surface area contributed by atoms with E-state index in [9.17, 15) is 0 Å². The van der Waals surface area contributed by atoms with Crippen LogP contribution in [-0.2, 0) is 0 Å². The number of halogens is 1. The summed E-state index contributed by atoms with van der Waals surface area (Å²) in [6, 6.07) is 8.67. The van der Waals surface area contributed by atoms with Crippen molar-refractivity contribution in [1.29, 1.82) is 0 Å². The molecule has 1 aromatic rings. The molecule has 1 aliphatic carbocycles. The molecule has 1 aromatic carbocycles. The predicted octanol–water partition coefficient (Wildman–Crippen LogP) is 3.89. The molecule has 0 radical (unpaired) electrons. The van der Waals surface area contributed by atoms with Crippen molar-refractivity contribution in [1.82, 2.24) is 0 Å². The van der Waals surface area contributed by atoms with Crippen LogP contribution in [0.25, 0.3) is 0 Å². The molecule has 1 saturated carbocycles. The van der Waals surface area contributed by atoms with Crippen LogP contribution in [0.15, 0.2) is 38.9 Å². The van der Waals surface area contributed by atoms with Crippen LogP contribution in [0.5, 0.6) is 0 Å². The topological polar surface area (TPSA) is 28.0 Å². The average Bonchev–Trinajstić information content (AvgIpc) is 2.78. The number of benzene rings is 1. The van der Waals surface area contributed by atoms with Crippen molar-refractivity contribution in [3.63, 3.8) is 0 Å². The van der Waals surface area contributed by atoms with Crippen molar-refractivity contribution in [3.05, 3.63) is 28.7 Å². The summed E-state index contributed by atoms with van der Waals surface area (Å²) >= 11 is 3.51. The highest BCUT2D eigenvalue weighted by molar-refractivity contribution is 9.10. The maximum atomic E-state index is 4.53. The molecule has 4 rings (SSSR count). The molecule has 1 saturated heterocycles. The first-order valence-corrected chi connectivity index (χ1v) is 8.12. The van der Waals surface area contributed by atoms with Gasteiger partial charge >= 0.3 is 0 Å². The lowest BCUT2D eigenvalue weighted by molar-refractivity contribution is 0.353. The summed E-state index contributed by atoms with van der Waals surface area (Å²) in [5, 5.41) is 8.95. The van der Waals surface area contributed by atoms with Gasteiger partial charge in [-0.2, -0.15) is 10.2 Å². The van der Waals surface area contributed by atoms with Gasteiger partial charge in [-0.15, -0.1) is 0 Å². The van der Waals surface area contributed by atoms with Crippen molar-refractivity contribution in [2.24, 2.45) is 21.5 Å². The number of nitrogens with zero attached hydrogens (tertiary/aromatic N) is 3. The van der Waals surface area contributed by atoms with Gasteiger partial charge in [-0.05, 0) is 44.0 Å². The molecule has 20 heavy (non-hydrogen) atoms. The Morgan fingerprint density at radius 3 is 2.85 bits per heavy atom. The SMILES string of the molecule is CC1=NN=C2[C@H]3CCC[C@@]12CN(c1ccc(Br)cc1)C3. The van der Waals surface area contributed by atoms with Gasteiger partial charge in [-0.3, -0.25) is 0 Å². The zero-order valence-electron chi connectivity index (χ0n) is 11.6. The molecule has 0 spiro atoms. The van der Waals surface area contributed by atoms with E-state index in [1.165, 1.54) is 36.4 Å². The minimum Gasteiger partial charge on any atom is -0.370 e. The van der Waals surface area contributed by atoms with Crippen LogP contribution in [0, 0.1) is 11.3 Å². The van der Waals surface area contributed by atoms with Crippen molar-refractivity contribution < 1.29 is 0 Å². The predicted molar refractivity (Wildman–Crippen MR) is 86.7 cm³/mol. The molecule has 4 heteroatoms. The lowest BCUT2D eigenvalue weighted by Crippen LogP contribution is -2.58. The van der Waals surface area contributed by atoms with Gasteiger partial charge in [0.15, 0.2) is 0 Å². The lowest BCUT2D eigenvalue weighted by Gasteiger charge is -2.49. The highest BCUT2D eigenvalue weighted by Crippen LogP contribution is 2.46. The quantitative estimate of drug-likeness (QED) is 0.767. The van der Waals surface area contributed by atoms with E-state index < -0.39 is 0 Å². The summed E-state index contributed by atoms with van der Waals surface area (Å²) in [6.07, 6.45) is 3.78. The zero-order chi connectivity index (χ0) is 13.7. The zero-order valence-corrected chi connectivity index (χ0v) is 13.2. The Morgan fingerprint density at radius 1 is 1.25 bits per heavy atom. The van der Waals surface area contributed by atoms with Gasteiger partial charge in [0.1, 0.15) is 0 Å². The monoisotopic (exact) mass is 331 g/mol. The number of piperidine rings is 1. The molecule has 2 aliphatic heterocycles. The molecule has 0 N–H and O–H groups in total. The Balaban J connectivity index is 1.71. The van der Waals surface area contributed by atoms with E-state index >= 15 is 0 Å². The van der Waals surface area contributed by atoms with E-state index in [4.69, 9.17) is 0 Å². The van der Waals surface area contributed by atoms with Gasteiger partial charge in [0.2, 0.25) is 0 Å². The summed E-state index contributed by atoms with van der Waals surface area (Å²) < 4.78 is 1.14. The minimum absolute atomic E-state index is 0.133. The molecule has 0 amide bonds. The van der Waals surface area contributed by atoms with Gasteiger partial charge < -0.3 is 4.90 Å².